The number of hydrogen-bond donors (Lipinski definition) is 3. The van der Waals surface area contributed by atoms with Crippen LogP contribution in [-0.4, -0.2) is 96.7 Å². The molecule has 0 saturated heterocycles. The molecule has 0 heterocycles. The Morgan fingerprint density at radius 1 is 0.274 bits per heavy atom. The van der Waals surface area contributed by atoms with E-state index < -0.39 is 97.5 Å². The fourth-order valence-corrected chi connectivity index (χ4v) is 15.1. The lowest BCUT2D eigenvalue weighted by Gasteiger charge is -2.21. The van der Waals surface area contributed by atoms with E-state index in [0.29, 0.717) is 25.7 Å². The topological polar surface area (TPSA) is 237 Å². The first kappa shape index (κ1) is 104. The molecule has 0 aromatic carbocycles. The summed E-state index contributed by atoms with van der Waals surface area (Å²) in [4.78, 5) is 73.2. The van der Waals surface area contributed by atoms with Gasteiger partial charge < -0.3 is 33.8 Å². The van der Waals surface area contributed by atoms with Gasteiger partial charge in [-0.25, -0.2) is 9.13 Å². The molecule has 0 aliphatic carbocycles. The van der Waals surface area contributed by atoms with E-state index in [-0.39, 0.29) is 25.7 Å². The highest BCUT2D eigenvalue weighted by molar-refractivity contribution is 7.47. The Hall–Kier alpha value is -1.94. The number of carbonyl (C=O) groups excluding carboxylic acids is 4. The van der Waals surface area contributed by atoms with Crippen LogP contribution in [0.2, 0.25) is 0 Å². The van der Waals surface area contributed by atoms with Gasteiger partial charge in [0.25, 0.3) is 0 Å². The molecule has 630 valence electrons. The van der Waals surface area contributed by atoms with Gasteiger partial charge in [-0.1, -0.05) is 408 Å². The third kappa shape index (κ3) is 78.7. The quantitative estimate of drug-likeness (QED) is 0.0222. The summed E-state index contributed by atoms with van der Waals surface area (Å²) in [6, 6.07) is 0. The molecule has 0 aromatic rings. The number of phosphoric acid groups is 2. The first-order chi connectivity index (χ1) is 51.3. The highest BCUT2D eigenvalue weighted by Gasteiger charge is 2.31. The van der Waals surface area contributed by atoms with Crippen molar-refractivity contribution in [3.8, 4) is 0 Å². The number of aliphatic hydroxyl groups excluding tert-OH is 1. The first-order valence-corrected chi connectivity index (χ1v) is 47.9. The predicted molar refractivity (Wildman–Crippen MR) is 437 cm³/mol. The molecule has 0 aliphatic rings. The minimum absolute atomic E-state index is 0.107. The van der Waals surface area contributed by atoms with Gasteiger partial charge in [0, 0.05) is 25.7 Å². The number of unbranched alkanes of at least 4 members (excludes halogenated alkanes) is 52. The lowest BCUT2D eigenvalue weighted by molar-refractivity contribution is -0.161. The molecule has 0 spiro atoms. The molecule has 6 atom stereocenters. The van der Waals surface area contributed by atoms with Crippen LogP contribution in [0.15, 0.2) is 0 Å². The zero-order valence-corrected chi connectivity index (χ0v) is 71.7. The van der Waals surface area contributed by atoms with Gasteiger partial charge in [0.2, 0.25) is 0 Å². The van der Waals surface area contributed by atoms with Crippen molar-refractivity contribution in [2.45, 2.75) is 478 Å². The highest BCUT2D eigenvalue weighted by Crippen LogP contribution is 2.45. The van der Waals surface area contributed by atoms with Gasteiger partial charge in [0.1, 0.15) is 19.3 Å². The van der Waals surface area contributed by atoms with Crippen LogP contribution < -0.4 is 0 Å². The van der Waals surface area contributed by atoms with E-state index in [9.17, 15) is 43.2 Å². The van der Waals surface area contributed by atoms with Crippen LogP contribution in [0.1, 0.15) is 459 Å². The Bertz CT molecular complexity index is 2050. The molecule has 0 amide bonds. The molecule has 0 bridgehead atoms. The van der Waals surface area contributed by atoms with Crippen LogP contribution in [0, 0.1) is 17.8 Å². The molecule has 0 saturated carbocycles. The molecule has 0 fully saturated rings. The summed E-state index contributed by atoms with van der Waals surface area (Å²) < 4.78 is 68.9. The van der Waals surface area contributed by atoms with Crippen molar-refractivity contribution < 1.29 is 80.2 Å². The second kappa shape index (κ2) is 77.0. The summed E-state index contributed by atoms with van der Waals surface area (Å²) in [5, 5.41) is 10.7. The molecule has 0 aliphatic heterocycles. The van der Waals surface area contributed by atoms with Crippen molar-refractivity contribution >= 4 is 39.5 Å². The molecule has 106 heavy (non-hydrogen) atoms. The maximum absolute atomic E-state index is 13.2. The summed E-state index contributed by atoms with van der Waals surface area (Å²) in [6.07, 6.45) is 67.9. The normalized spacial score (nSPS) is 14.1. The van der Waals surface area contributed by atoms with Crippen molar-refractivity contribution in [3.05, 3.63) is 0 Å². The molecule has 3 unspecified atom stereocenters. The summed E-state index contributed by atoms with van der Waals surface area (Å²) >= 11 is 0. The lowest BCUT2D eigenvalue weighted by atomic mass is 9.99. The monoisotopic (exact) mass is 1550 g/mol. The summed E-state index contributed by atoms with van der Waals surface area (Å²) in [5.74, 6) is 0.352. The summed E-state index contributed by atoms with van der Waals surface area (Å²) in [6.45, 7) is 12.1. The number of ether oxygens (including phenoxy) is 4. The minimum atomic E-state index is -4.97. The minimum Gasteiger partial charge on any atom is -0.462 e. The zero-order valence-electron chi connectivity index (χ0n) is 69.9. The van der Waals surface area contributed by atoms with Crippen LogP contribution in [0.3, 0.4) is 0 Å². The Balaban J connectivity index is 5.24. The van der Waals surface area contributed by atoms with E-state index >= 15 is 0 Å². The fraction of sp³-hybridized carbons (Fsp3) is 0.954. The molecule has 3 N–H and O–H groups in total. The maximum atomic E-state index is 13.2. The maximum Gasteiger partial charge on any atom is 0.472 e. The number of aliphatic hydroxyl groups is 1. The smallest absolute Gasteiger partial charge is 0.462 e. The van der Waals surface area contributed by atoms with Crippen LogP contribution in [-0.2, 0) is 65.4 Å². The number of hydrogen-bond acceptors (Lipinski definition) is 15. The van der Waals surface area contributed by atoms with Gasteiger partial charge in [-0.05, 0) is 43.4 Å². The first-order valence-electron chi connectivity index (χ1n) is 44.9. The van der Waals surface area contributed by atoms with E-state index in [1.165, 1.54) is 270 Å². The standard InChI is InChI=1S/C87H170O17P2/c1-8-10-11-12-13-14-30-40-47-54-61-68-84(89)97-74-82(104-87(92)71-64-57-50-43-36-29-28-32-38-45-52-59-66-79(5)6)76-101-105(93,94)99-72-81(88)73-100-106(95,96)102-77-83(75-98-85(90)69-62-55-48-41-34-26-23-19-20-24-31-37-44-51-58-65-78(3)4)103-86(91)70-63-56-49-42-35-27-22-18-16-15-17-21-25-33-39-46-53-60-67-80(7)9-2/h78-83,88H,8-77H2,1-7H3,(H,93,94)(H,95,96)/t80?,81-,82+,83+/m0/s1. The van der Waals surface area contributed by atoms with Crippen molar-refractivity contribution in [3.63, 3.8) is 0 Å². The van der Waals surface area contributed by atoms with E-state index in [0.717, 1.165) is 108 Å². The third-order valence-corrected chi connectivity index (χ3v) is 22.6. The van der Waals surface area contributed by atoms with Gasteiger partial charge in [-0.3, -0.25) is 37.3 Å². The third-order valence-electron chi connectivity index (χ3n) is 20.7. The molecule has 17 nitrogen and oxygen atoms in total. The lowest BCUT2D eigenvalue weighted by Crippen LogP contribution is -2.30. The molecule has 0 radical (unpaired) electrons. The second-order valence-corrected chi connectivity index (χ2v) is 35.4. The number of carbonyl (C=O) groups is 4. The van der Waals surface area contributed by atoms with Gasteiger partial charge >= 0.3 is 39.5 Å². The molecule has 0 aromatic heterocycles. The van der Waals surface area contributed by atoms with Gasteiger partial charge in [-0.2, -0.15) is 0 Å². The van der Waals surface area contributed by atoms with E-state index in [2.05, 4.69) is 48.5 Å². The molecular weight excluding hydrogens is 1380 g/mol. The molecule has 19 heteroatoms. The number of esters is 4. The Morgan fingerprint density at radius 2 is 0.481 bits per heavy atom. The number of phosphoric ester groups is 2. The van der Waals surface area contributed by atoms with Crippen LogP contribution in [0.5, 0.6) is 0 Å². The van der Waals surface area contributed by atoms with Gasteiger partial charge in [-0.15, -0.1) is 0 Å². The highest BCUT2D eigenvalue weighted by atomic mass is 31.2. The van der Waals surface area contributed by atoms with Crippen molar-refractivity contribution in [1.29, 1.82) is 0 Å². The largest absolute Gasteiger partial charge is 0.472 e. The molecule has 0 rings (SSSR count). The summed E-state index contributed by atoms with van der Waals surface area (Å²) in [7, 11) is -9.93. The SMILES string of the molecule is CCCCCCCCCCCCCC(=O)OC[C@H](COP(=O)(O)OC[C@H](O)COP(=O)(O)OC[C@@H](COC(=O)CCCCCCCCCCCCCCCCCC(C)C)OC(=O)CCCCCCCCCCCCCCCCCCCCC(C)CC)OC(=O)CCCCCCCCCCCCCCC(C)C. The van der Waals surface area contributed by atoms with E-state index in [1.54, 1.807) is 0 Å². The van der Waals surface area contributed by atoms with Crippen molar-refractivity contribution in [1.82, 2.24) is 0 Å². The molecular formula is C87H170O17P2. The average molecular weight is 1550 g/mol. The van der Waals surface area contributed by atoms with Gasteiger partial charge in [0.05, 0.1) is 26.4 Å². The van der Waals surface area contributed by atoms with Crippen LogP contribution in [0.25, 0.3) is 0 Å². The Kier molecular flexibility index (Phi) is 75.6. The zero-order chi connectivity index (χ0) is 77.9. The predicted octanol–water partition coefficient (Wildman–Crippen LogP) is 26.5. The van der Waals surface area contributed by atoms with E-state index in [1.807, 2.05) is 0 Å². The van der Waals surface area contributed by atoms with Crippen molar-refractivity contribution in [2.24, 2.45) is 17.8 Å². The number of rotatable bonds is 85. The second-order valence-electron chi connectivity index (χ2n) is 32.5. The average Bonchev–Trinajstić information content (AvgIpc) is 0.899. The summed E-state index contributed by atoms with van der Waals surface area (Å²) in [5.41, 5.74) is 0. The Morgan fingerprint density at radius 3 is 0.717 bits per heavy atom. The Labute approximate surface area is 651 Å². The van der Waals surface area contributed by atoms with Crippen LogP contribution >= 0.6 is 15.6 Å². The van der Waals surface area contributed by atoms with Gasteiger partial charge in [0.15, 0.2) is 12.2 Å². The fourth-order valence-electron chi connectivity index (χ4n) is 13.5. The van der Waals surface area contributed by atoms with E-state index in [4.69, 9.17) is 37.0 Å². The van der Waals surface area contributed by atoms with Crippen molar-refractivity contribution in [2.75, 3.05) is 39.6 Å². The van der Waals surface area contributed by atoms with Crippen LogP contribution in [0.4, 0.5) is 0 Å².